The maximum Gasteiger partial charge on any atom is 0.248 e. The minimum absolute atomic E-state index is 0.0686. The molecule has 3 heterocycles. The summed E-state index contributed by atoms with van der Waals surface area (Å²) in [7, 11) is 1.83. The van der Waals surface area contributed by atoms with Crippen molar-refractivity contribution in [2.45, 2.75) is 12.1 Å². The molecule has 0 aliphatic carbocycles. The molecule has 1 unspecified atom stereocenters. The molecular weight excluding hydrogens is 312 g/mol. The molecule has 104 valence electrons. The van der Waals surface area contributed by atoms with Gasteiger partial charge in [0.2, 0.25) is 5.91 Å². The molecule has 0 radical (unpaired) electrons. The zero-order chi connectivity index (χ0) is 13.4. The molecule has 2 aliphatic rings. The summed E-state index contributed by atoms with van der Waals surface area (Å²) in [4.78, 5) is 15.4. The number of amides is 1. The van der Waals surface area contributed by atoms with E-state index in [4.69, 9.17) is 4.74 Å². The standard InChI is InChI=1S/C12H17BrN4O2/c1-15-6-11(19-8-12(15)18)7-16-4-10(5-16)17-3-9(13)2-14-17/h2-3,10-11H,4-8H2,1H3. The Bertz CT molecular complexity index is 472. The predicted molar refractivity (Wildman–Crippen MR) is 72.8 cm³/mol. The number of hydrogen-bond acceptors (Lipinski definition) is 4. The molecule has 1 aromatic rings. The highest BCUT2D eigenvalue weighted by molar-refractivity contribution is 9.10. The van der Waals surface area contributed by atoms with E-state index in [1.807, 2.05) is 24.1 Å². The topological polar surface area (TPSA) is 50.6 Å². The number of morpholine rings is 1. The van der Waals surface area contributed by atoms with Gasteiger partial charge < -0.3 is 9.64 Å². The van der Waals surface area contributed by atoms with E-state index in [9.17, 15) is 4.79 Å². The Balaban J connectivity index is 1.45. The first-order valence-electron chi connectivity index (χ1n) is 6.39. The van der Waals surface area contributed by atoms with Crippen LogP contribution in [0.1, 0.15) is 6.04 Å². The molecule has 0 aromatic carbocycles. The Kier molecular flexibility index (Phi) is 3.60. The smallest absolute Gasteiger partial charge is 0.248 e. The number of ether oxygens (including phenoxy) is 1. The fraction of sp³-hybridized carbons (Fsp3) is 0.667. The third-order valence-corrected chi connectivity index (χ3v) is 4.10. The number of halogens is 1. The Morgan fingerprint density at radius 3 is 2.89 bits per heavy atom. The van der Waals surface area contributed by atoms with E-state index >= 15 is 0 Å². The fourth-order valence-corrected chi connectivity index (χ4v) is 2.83. The van der Waals surface area contributed by atoms with Crippen LogP contribution in [0.2, 0.25) is 0 Å². The molecule has 2 aliphatic heterocycles. The average Bonchev–Trinajstić information content (AvgIpc) is 2.74. The second-order valence-corrected chi connectivity index (χ2v) is 6.13. The van der Waals surface area contributed by atoms with Crippen LogP contribution < -0.4 is 0 Å². The van der Waals surface area contributed by atoms with Crippen LogP contribution in [0.15, 0.2) is 16.9 Å². The lowest BCUT2D eigenvalue weighted by Gasteiger charge is -2.42. The zero-order valence-electron chi connectivity index (χ0n) is 10.8. The summed E-state index contributed by atoms with van der Waals surface area (Å²) in [6.07, 6.45) is 3.95. The van der Waals surface area contributed by atoms with Gasteiger partial charge in [-0.3, -0.25) is 14.4 Å². The summed E-state index contributed by atoms with van der Waals surface area (Å²) in [5, 5.41) is 4.30. The van der Waals surface area contributed by atoms with Gasteiger partial charge in [0.05, 0.1) is 22.8 Å². The van der Waals surface area contributed by atoms with Crippen molar-refractivity contribution in [3.8, 4) is 0 Å². The van der Waals surface area contributed by atoms with Gasteiger partial charge in [0, 0.05) is 39.4 Å². The summed E-state index contributed by atoms with van der Waals surface area (Å²) in [6, 6.07) is 0.453. The third-order valence-electron chi connectivity index (χ3n) is 3.69. The number of carbonyl (C=O) groups is 1. The second-order valence-electron chi connectivity index (χ2n) is 5.22. The summed E-state index contributed by atoms with van der Waals surface area (Å²) < 4.78 is 8.56. The van der Waals surface area contributed by atoms with E-state index in [0.29, 0.717) is 12.6 Å². The molecule has 0 spiro atoms. The first-order valence-corrected chi connectivity index (χ1v) is 7.18. The van der Waals surface area contributed by atoms with Crippen molar-refractivity contribution in [3.05, 3.63) is 16.9 Å². The Hall–Kier alpha value is -0.920. The van der Waals surface area contributed by atoms with Gasteiger partial charge in [0.25, 0.3) is 0 Å². The molecule has 7 heteroatoms. The molecule has 0 N–H and O–H groups in total. The Labute approximate surface area is 120 Å². The lowest BCUT2D eigenvalue weighted by Crippen LogP contribution is -2.54. The minimum Gasteiger partial charge on any atom is -0.365 e. The predicted octanol–water partition coefficient (Wildman–Crippen LogP) is 0.359. The van der Waals surface area contributed by atoms with Crippen LogP contribution in [0.4, 0.5) is 0 Å². The highest BCUT2D eigenvalue weighted by atomic mass is 79.9. The van der Waals surface area contributed by atoms with Crippen molar-refractivity contribution in [2.75, 3.05) is 39.8 Å². The van der Waals surface area contributed by atoms with Gasteiger partial charge in [0.15, 0.2) is 0 Å². The lowest BCUT2D eigenvalue weighted by atomic mass is 10.1. The minimum atomic E-state index is 0.0686. The molecule has 19 heavy (non-hydrogen) atoms. The van der Waals surface area contributed by atoms with Crippen LogP contribution in [0.3, 0.4) is 0 Å². The normalized spacial score (nSPS) is 25.7. The summed E-state index contributed by atoms with van der Waals surface area (Å²) in [5.41, 5.74) is 0. The van der Waals surface area contributed by atoms with Crippen LogP contribution in [0.5, 0.6) is 0 Å². The molecule has 3 rings (SSSR count). The van der Waals surface area contributed by atoms with E-state index < -0.39 is 0 Å². The SMILES string of the molecule is CN1CC(CN2CC(n3cc(Br)cn3)C2)OCC1=O. The van der Waals surface area contributed by atoms with E-state index in [0.717, 1.165) is 24.1 Å². The number of likely N-dealkylation sites (N-methyl/N-ethyl adjacent to an activating group) is 1. The molecule has 0 saturated carbocycles. The van der Waals surface area contributed by atoms with E-state index in [1.54, 1.807) is 4.90 Å². The Morgan fingerprint density at radius 2 is 2.26 bits per heavy atom. The number of hydrogen-bond donors (Lipinski definition) is 0. The number of rotatable bonds is 3. The quantitative estimate of drug-likeness (QED) is 0.804. The van der Waals surface area contributed by atoms with Crippen LogP contribution >= 0.6 is 15.9 Å². The third kappa shape index (κ3) is 2.82. The van der Waals surface area contributed by atoms with Crippen molar-refractivity contribution in [1.82, 2.24) is 19.6 Å². The van der Waals surface area contributed by atoms with Crippen LogP contribution in [0.25, 0.3) is 0 Å². The van der Waals surface area contributed by atoms with Gasteiger partial charge in [-0.1, -0.05) is 0 Å². The summed E-state index contributed by atoms with van der Waals surface area (Å²) >= 11 is 3.41. The molecule has 1 amide bonds. The van der Waals surface area contributed by atoms with Crippen LogP contribution in [-0.4, -0.2) is 71.4 Å². The van der Waals surface area contributed by atoms with Crippen molar-refractivity contribution in [3.63, 3.8) is 0 Å². The van der Waals surface area contributed by atoms with Gasteiger partial charge in [-0.2, -0.15) is 5.10 Å². The first-order chi connectivity index (χ1) is 9.11. The second kappa shape index (κ2) is 5.22. The van der Waals surface area contributed by atoms with Crippen LogP contribution in [0, 0.1) is 0 Å². The maximum atomic E-state index is 11.3. The number of likely N-dealkylation sites (tertiary alicyclic amines) is 1. The lowest BCUT2D eigenvalue weighted by molar-refractivity contribution is -0.148. The van der Waals surface area contributed by atoms with E-state index in [1.165, 1.54) is 0 Å². The van der Waals surface area contributed by atoms with Crippen molar-refractivity contribution in [1.29, 1.82) is 0 Å². The molecule has 1 atom stereocenters. The highest BCUT2D eigenvalue weighted by Gasteiger charge is 2.32. The Morgan fingerprint density at radius 1 is 1.47 bits per heavy atom. The van der Waals surface area contributed by atoms with Crippen molar-refractivity contribution < 1.29 is 9.53 Å². The van der Waals surface area contributed by atoms with Crippen molar-refractivity contribution >= 4 is 21.8 Å². The highest BCUT2D eigenvalue weighted by Crippen LogP contribution is 2.23. The molecule has 2 saturated heterocycles. The number of nitrogens with zero attached hydrogens (tertiary/aromatic N) is 4. The van der Waals surface area contributed by atoms with Gasteiger partial charge in [-0.15, -0.1) is 0 Å². The van der Waals surface area contributed by atoms with Crippen molar-refractivity contribution in [2.24, 2.45) is 0 Å². The molecule has 2 fully saturated rings. The summed E-state index contributed by atoms with van der Waals surface area (Å²) in [6.45, 7) is 3.77. The average molecular weight is 329 g/mol. The summed E-state index contributed by atoms with van der Waals surface area (Å²) in [5.74, 6) is 0.0686. The van der Waals surface area contributed by atoms with Crippen LogP contribution in [-0.2, 0) is 9.53 Å². The van der Waals surface area contributed by atoms with E-state index in [-0.39, 0.29) is 18.6 Å². The monoisotopic (exact) mass is 328 g/mol. The molecule has 0 bridgehead atoms. The zero-order valence-corrected chi connectivity index (χ0v) is 12.4. The molecule has 1 aromatic heterocycles. The van der Waals surface area contributed by atoms with E-state index in [2.05, 4.69) is 25.9 Å². The van der Waals surface area contributed by atoms with Gasteiger partial charge >= 0.3 is 0 Å². The largest absolute Gasteiger partial charge is 0.365 e. The molecular formula is C12H17BrN4O2. The first kappa shape index (κ1) is 13.1. The van der Waals surface area contributed by atoms with Gasteiger partial charge in [0.1, 0.15) is 6.61 Å². The van der Waals surface area contributed by atoms with Gasteiger partial charge in [-0.05, 0) is 15.9 Å². The number of aromatic nitrogens is 2. The van der Waals surface area contributed by atoms with Gasteiger partial charge in [-0.25, -0.2) is 0 Å². The number of carbonyl (C=O) groups excluding carboxylic acids is 1. The fourth-order valence-electron chi connectivity index (χ4n) is 2.53. The molecule has 6 nitrogen and oxygen atoms in total. The maximum absolute atomic E-state index is 11.3.